The summed E-state index contributed by atoms with van der Waals surface area (Å²) < 4.78 is 15.9. The minimum Gasteiger partial charge on any atom is -0.382 e. The average molecular weight is 465 g/mol. The second-order valence-electron chi connectivity index (χ2n) is 8.45. The molecule has 0 unspecified atom stereocenters. The van der Waals surface area contributed by atoms with Crippen LogP contribution in [0.5, 0.6) is 0 Å². The number of halogens is 1. The lowest BCUT2D eigenvalue weighted by Gasteiger charge is -2.11. The van der Waals surface area contributed by atoms with E-state index in [-0.39, 0.29) is 11.7 Å². The maximum Gasteiger partial charge on any atom is 0.161 e. The van der Waals surface area contributed by atoms with Crippen molar-refractivity contribution in [3.05, 3.63) is 67.4 Å². The molecule has 0 aliphatic carbocycles. The third kappa shape index (κ3) is 3.65. The van der Waals surface area contributed by atoms with Crippen LogP contribution in [0.2, 0.25) is 0 Å². The Balaban J connectivity index is 1.49. The van der Waals surface area contributed by atoms with Gasteiger partial charge >= 0.3 is 0 Å². The van der Waals surface area contributed by atoms with Gasteiger partial charge in [-0.3, -0.25) is 25.0 Å². The number of nitrogens with zero attached hydrogens (tertiary/aromatic N) is 6. The van der Waals surface area contributed by atoms with Gasteiger partial charge in [0.2, 0.25) is 0 Å². The van der Waals surface area contributed by atoms with Crippen LogP contribution in [0.1, 0.15) is 13.8 Å². The number of imidazole rings is 1. The van der Waals surface area contributed by atoms with E-state index < -0.39 is 5.82 Å². The SMILES string of the molecule is CC(C)Nc1cncc(-c2ncc3[nH]nc(-c4nc5c(-c6ccncc6)cncc5[nH]4)c3c2F)c1. The summed E-state index contributed by atoms with van der Waals surface area (Å²) in [4.78, 5) is 25.0. The Morgan fingerprint density at radius 2 is 1.71 bits per heavy atom. The van der Waals surface area contributed by atoms with E-state index in [1.807, 2.05) is 32.0 Å². The van der Waals surface area contributed by atoms with Crippen molar-refractivity contribution in [3.8, 4) is 33.9 Å². The molecule has 0 fully saturated rings. The fraction of sp³-hybridized carbons (Fsp3) is 0.120. The lowest BCUT2D eigenvalue weighted by atomic mass is 10.1. The number of anilines is 1. The van der Waals surface area contributed by atoms with Gasteiger partial charge in [-0.2, -0.15) is 5.10 Å². The molecule has 0 amide bonds. The van der Waals surface area contributed by atoms with Gasteiger partial charge in [0.05, 0.1) is 40.0 Å². The summed E-state index contributed by atoms with van der Waals surface area (Å²) in [7, 11) is 0. The number of rotatable bonds is 5. The van der Waals surface area contributed by atoms with Crippen LogP contribution in [0.15, 0.2) is 61.6 Å². The molecule has 0 radical (unpaired) electrons. The highest BCUT2D eigenvalue weighted by molar-refractivity contribution is 5.97. The van der Waals surface area contributed by atoms with Crippen molar-refractivity contribution in [2.24, 2.45) is 0 Å². The average Bonchev–Trinajstić information content (AvgIpc) is 3.49. The zero-order valence-electron chi connectivity index (χ0n) is 18.9. The summed E-state index contributed by atoms with van der Waals surface area (Å²) in [6.45, 7) is 4.05. The number of H-pyrrole nitrogens is 2. The van der Waals surface area contributed by atoms with Crippen LogP contribution >= 0.6 is 0 Å². The van der Waals surface area contributed by atoms with E-state index in [0.717, 1.165) is 22.3 Å². The van der Waals surface area contributed by atoms with E-state index >= 15 is 4.39 Å². The van der Waals surface area contributed by atoms with Gasteiger partial charge in [0.15, 0.2) is 11.6 Å². The highest BCUT2D eigenvalue weighted by Crippen LogP contribution is 2.34. The Bertz CT molecular complexity index is 1670. The Labute approximate surface area is 198 Å². The molecule has 6 rings (SSSR count). The van der Waals surface area contributed by atoms with Gasteiger partial charge in [-0.15, -0.1) is 0 Å². The quantitative estimate of drug-likeness (QED) is 0.328. The first-order valence-corrected chi connectivity index (χ1v) is 11.1. The first-order valence-electron chi connectivity index (χ1n) is 11.1. The van der Waals surface area contributed by atoms with Crippen molar-refractivity contribution in [2.45, 2.75) is 19.9 Å². The standard InChI is InChI=1S/C25H20FN9/c1-13(2)31-16-7-15(8-28-9-16)22-21(26)20-18(12-30-22)34-35-24(20)25-32-19-11-29-10-17(23(19)33-25)14-3-5-27-6-4-14/h3-13,31H,1-2H3,(H,32,33)(H,34,35). The van der Waals surface area contributed by atoms with Crippen LogP contribution in [0.4, 0.5) is 10.1 Å². The van der Waals surface area contributed by atoms with Crippen molar-refractivity contribution in [3.63, 3.8) is 0 Å². The largest absolute Gasteiger partial charge is 0.382 e. The Kier molecular flexibility index (Phi) is 4.91. The van der Waals surface area contributed by atoms with E-state index in [2.05, 4.69) is 40.4 Å². The Morgan fingerprint density at radius 1 is 0.886 bits per heavy atom. The molecule has 0 aromatic carbocycles. The number of aromatic nitrogens is 8. The summed E-state index contributed by atoms with van der Waals surface area (Å²) in [6.07, 6.45) is 11.7. The van der Waals surface area contributed by atoms with E-state index in [0.29, 0.717) is 33.5 Å². The van der Waals surface area contributed by atoms with Gasteiger partial charge < -0.3 is 10.3 Å². The van der Waals surface area contributed by atoms with Crippen molar-refractivity contribution in [2.75, 3.05) is 5.32 Å². The second-order valence-corrected chi connectivity index (χ2v) is 8.45. The monoisotopic (exact) mass is 465 g/mol. The third-order valence-electron chi connectivity index (χ3n) is 5.62. The van der Waals surface area contributed by atoms with Crippen LogP contribution < -0.4 is 5.32 Å². The minimum atomic E-state index is -0.498. The van der Waals surface area contributed by atoms with Gasteiger partial charge in [-0.25, -0.2) is 9.37 Å². The van der Waals surface area contributed by atoms with Crippen LogP contribution in [-0.2, 0) is 0 Å². The zero-order chi connectivity index (χ0) is 23.9. The zero-order valence-corrected chi connectivity index (χ0v) is 18.9. The molecular weight excluding hydrogens is 445 g/mol. The van der Waals surface area contributed by atoms with E-state index in [1.165, 1.54) is 0 Å². The molecule has 0 bridgehead atoms. The van der Waals surface area contributed by atoms with Crippen molar-refractivity contribution < 1.29 is 4.39 Å². The van der Waals surface area contributed by atoms with Crippen LogP contribution in [-0.4, -0.2) is 46.1 Å². The first kappa shape index (κ1) is 20.8. The molecule has 0 aliphatic heterocycles. The van der Waals surface area contributed by atoms with Crippen LogP contribution in [0.25, 0.3) is 55.8 Å². The van der Waals surface area contributed by atoms with Crippen molar-refractivity contribution >= 4 is 27.6 Å². The highest BCUT2D eigenvalue weighted by Gasteiger charge is 2.21. The van der Waals surface area contributed by atoms with Gasteiger partial charge in [0.25, 0.3) is 0 Å². The molecule has 172 valence electrons. The molecule has 35 heavy (non-hydrogen) atoms. The van der Waals surface area contributed by atoms with E-state index in [1.54, 1.807) is 43.4 Å². The maximum absolute atomic E-state index is 15.9. The number of pyridine rings is 4. The van der Waals surface area contributed by atoms with Gasteiger partial charge in [0, 0.05) is 48.2 Å². The summed E-state index contributed by atoms with van der Waals surface area (Å²) in [5, 5.41) is 10.8. The molecule has 6 aromatic rings. The van der Waals surface area contributed by atoms with Gasteiger partial charge in [-0.05, 0) is 37.6 Å². The molecule has 0 atom stereocenters. The summed E-state index contributed by atoms with van der Waals surface area (Å²) in [5.41, 5.74) is 5.59. The molecule has 0 aliphatic rings. The lowest BCUT2D eigenvalue weighted by molar-refractivity contribution is 0.638. The summed E-state index contributed by atoms with van der Waals surface area (Å²) >= 11 is 0. The molecule has 3 N–H and O–H groups in total. The fourth-order valence-corrected chi connectivity index (χ4v) is 4.12. The summed E-state index contributed by atoms with van der Waals surface area (Å²) in [5.74, 6) is -0.0679. The molecule has 10 heteroatoms. The predicted molar refractivity (Wildman–Crippen MR) is 132 cm³/mol. The van der Waals surface area contributed by atoms with Crippen molar-refractivity contribution in [1.29, 1.82) is 0 Å². The third-order valence-corrected chi connectivity index (χ3v) is 5.62. The highest BCUT2D eigenvalue weighted by atomic mass is 19.1. The lowest BCUT2D eigenvalue weighted by Crippen LogP contribution is -2.09. The Hall–Kier alpha value is -4.73. The minimum absolute atomic E-state index is 0.190. The first-order chi connectivity index (χ1) is 17.1. The number of fused-ring (bicyclic) bond motifs is 2. The van der Waals surface area contributed by atoms with Gasteiger partial charge in [-0.1, -0.05) is 0 Å². The maximum atomic E-state index is 15.9. The topological polar surface area (TPSA) is 121 Å². The molecular formula is C25H20FN9. The molecule has 6 aromatic heterocycles. The van der Waals surface area contributed by atoms with Gasteiger partial charge in [0.1, 0.15) is 11.4 Å². The second kappa shape index (κ2) is 8.24. The van der Waals surface area contributed by atoms with Crippen LogP contribution in [0, 0.1) is 5.82 Å². The molecule has 9 nitrogen and oxygen atoms in total. The summed E-state index contributed by atoms with van der Waals surface area (Å²) in [6, 6.07) is 5.83. The van der Waals surface area contributed by atoms with E-state index in [9.17, 15) is 0 Å². The van der Waals surface area contributed by atoms with Crippen molar-refractivity contribution in [1.82, 2.24) is 40.1 Å². The molecule has 0 saturated heterocycles. The predicted octanol–water partition coefficient (Wildman–Crippen LogP) is 4.98. The number of aromatic amines is 2. The fourth-order valence-electron chi connectivity index (χ4n) is 4.12. The molecule has 0 spiro atoms. The van der Waals surface area contributed by atoms with Crippen LogP contribution in [0.3, 0.4) is 0 Å². The Morgan fingerprint density at radius 3 is 2.54 bits per heavy atom. The molecule has 6 heterocycles. The smallest absolute Gasteiger partial charge is 0.161 e. The number of nitrogens with one attached hydrogen (secondary N) is 3. The molecule has 0 saturated carbocycles. The number of hydrogen-bond acceptors (Lipinski definition) is 7. The normalized spacial score (nSPS) is 11.5. The number of hydrogen-bond donors (Lipinski definition) is 3. The van der Waals surface area contributed by atoms with E-state index in [4.69, 9.17) is 4.98 Å².